The summed E-state index contributed by atoms with van der Waals surface area (Å²) < 4.78 is 0. The van der Waals surface area contributed by atoms with Gasteiger partial charge in [0.2, 0.25) is 0 Å². The maximum absolute atomic E-state index is 13.5. The molecule has 35 heavy (non-hydrogen) atoms. The van der Waals surface area contributed by atoms with Crippen molar-refractivity contribution < 1.29 is 14.4 Å². The summed E-state index contributed by atoms with van der Waals surface area (Å²) in [7, 11) is 0. The van der Waals surface area contributed by atoms with Crippen LogP contribution < -0.4 is 5.48 Å². The van der Waals surface area contributed by atoms with Gasteiger partial charge in [0.25, 0.3) is 0 Å². The van der Waals surface area contributed by atoms with Crippen molar-refractivity contribution in [2.45, 2.75) is 49.4 Å². The number of hydrogen-bond donors (Lipinski definition) is 1. The number of hydrogen-bond acceptors (Lipinski definition) is 5. The third-order valence-corrected chi connectivity index (χ3v) is 6.46. The molecule has 0 saturated carbocycles. The predicted octanol–water partition coefficient (Wildman–Crippen LogP) is 7.44. The molecule has 0 aliphatic heterocycles. The molecule has 0 spiro atoms. The zero-order valence-corrected chi connectivity index (χ0v) is 21.2. The summed E-state index contributed by atoms with van der Waals surface area (Å²) in [5.74, 6) is -0.672. The van der Waals surface area contributed by atoms with E-state index in [-0.39, 0.29) is 5.78 Å². The standard InChI is InChI=1S/C28H25NO3S.C2H6/c1-20-10-8-9-15-25(20)26(29-32-28(31)22-11-4-2-5-12-22)27(30)21-16-18-24(19-17-21)33-23-13-6-3-7-14-23;1-2/h2-7,9,11-19,26,29H,8,10H2,1H3;1-2H3. The van der Waals surface area contributed by atoms with Crippen molar-refractivity contribution in [3.05, 3.63) is 119 Å². The van der Waals surface area contributed by atoms with Gasteiger partial charge in [-0.1, -0.05) is 91.9 Å². The second-order valence-electron chi connectivity index (χ2n) is 7.79. The van der Waals surface area contributed by atoms with Crippen molar-refractivity contribution in [2.24, 2.45) is 0 Å². The first-order valence-electron chi connectivity index (χ1n) is 11.9. The van der Waals surface area contributed by atoms with Crippen LogP contribution in [0.5, 0.6) is 0 Å². The molecule has 0 aromatic heterocycles. The lowest BCUT2D eigenvalue weighted by molar-refractivity contribution is 0.0196. The molecular weight excluding hydrogens is 454 g/mol. The Hall–Kier alpha value is -3.41. The van der Waals surface area contributed by atoms with E-state index >= 15 is 0 Å². The molecule has 0 amide bonds. The van der Waals surface area contributed by atoms with E-state index in [0.29, 0.717) is 11.1 Å². The average molecular weight is 486 g/mol. The first kappa shape index (κ1) is 26.2. The van der Waals surface area contributed by atoms with Crippen LogP contribution in [0.15, 0.2) is 118 Å². The second-order valence-corrected chi connectivity index (χ2v) is 8.93. The summed E-state index contributed by atoms with van der Waals surface area (Å²) in [6.45, 7) is 6.01. The zero-order valence-electron chi connectivity index (χ0n) is 20.4. The van der Waals surface area contributed by atoms with Gasteiger partial charge < -0.3 is 4.84 Å². The van der Waals surface area contributed by atoms with Crippen LogP contribution in [0.2, 0.25) is 0 Å². The molecule has 180 valence electrons. The number of carbonyl (C=O) groups excluding carboxylic acids is 2. The molecule has 0 heterocycles. The van der Waals surface area contributed by atoms with E-state index in [1.807, 2.05) is 81.5 Å². The zero-order chi connectivity index (χ0) is 25.0. The minimum absolute atomic E-state index is 0.145. The lowest BCUT2D eigenvalue weighted by Gasteiger charge is -2.22. The van der Waals surface area contributed by atoms with Crippen molar-refractivity contribution >= 4 is 23.5 Å². The molecule has 0 bridgehead atoms. The van der Waals surface area contributed by atoms with Crippen molar-refractivity contribution in [1.29, 1.82) is 0 Å². The summed E-state index contributed by atoms with van der Waals surface area (Å²) >= 11 is 1.64. The van der Waals surface area contributed by atoms with E-state index < -0.39 is 12.0 Å². The van der Waals surface area contributed by atoms with Crippen LogP contribution in [0, 0.1) is 0 Å². The number of carbonyl (C=O) groups is 2. The number of nitrogens with one attached hydrogen (secondary N) is 1. The lowest BCUT2D eigenvalue weighted by atomic mass is 9.90. The Morgan fingerprint density at radius 1 is 0.829 bits per heavy atom. The van der Waals surface area contributed by atoms with Crippen molar-refractivity contribution in [2.75, 3.05) is 0 Å². The van der Waals surface area contributed by atoms with Gasteiger partial charge in [-0.25, -0.2) is 4.79 Å². The molecule has 0 saturated heterocycles. The number of allylic oxidation sites excluding steroid dienone is 2. The Kier molecular flexibility index (Phi) is 10.1. The van der Waals surface area contributed by atoms with Crippen LogP contribution in [-0.4, -0.2) is 17.8 Å². The van der Waals surface area contributed by atoms with Gasteiger partial charge in [-0.15, -0.1) is 5.48 Å². The van der Waals surface area contributed by atoms with Gasteiger partial charge in [0, 0.05) is 15.4 Å². The summed E-state index contributed by atoms with van der Waals surface area (Å²) in [6, 6.07) is 25.6. The fourth-order valence-electron chi connectivity index (χ4n) is 3.62. The van der Waals surface area contributed by atoms with Crippen molar-refractivity contribution in [3.8, 4) is 0 Å². The third-order valence-electron chi connectivity index (χ3n) is 5.45. The fourth-order valence-corrected chi connectivity index (χ4v) is 4.46. The highest BCUT2D eigenvalue weighted by atomic mass is 32.2. The van der Waals surface area contributed by atoms with Crippen LogP contribution in [0.1, 0.15) is 54.3 Å². The van der Waals surface area contributed by atoms with E-state index in [0.717, 1.165) is 33.8 Å². The first-order chi connectivity index (χ1) is 17.1. The smallest absolute Gasteiger partial charge is 0.356 e. The Labute approximate surface area is 212 Å². The molecule has 1 N–H and O–H groups in total. The molecule has 0 radical (unpaired) electrons. The quantitative estimate of drug-likeness (QED) is 0.265. The predicted molar refractivity (Wildman–Crippen MR) is 143 cm³/mol. The Balaban J connectivity index is 0.00000167. The molecule has 3 aromatic carbocycles. The maximum atomic E-state index is 13.5. The van der Waals surface area contributed by atoms with Crippen molar-refractivity contribution in [3.63, 3.8) is 0 Å². The monoisotopic (exact) mass is 485 g/mol. The molecular formula is C30H31NO3S. The normalized spacial score (nSPS) is 13.5. The van der Waals surface area contributed by atoms with Crippen LogP contribution in [-0.2, 0) is 4.84 Å². The Morgan fingerprint density at radius 3 is 2.06 bits per heavy atom. The summed E-state index contributed by atoms with van der Waals surface area (Å²) in [5.41, 5.74) is 5.68. The Morgan fingerprint density at radius 2 is 1.43 bits per heavy atom. The van der Waals surface area contributed by atoms with E-state index in [4.69, 9.17) is 4.84 Å². The molecule has 4 nitrogen and oxygen atoms in total. The minimum atomic E-state index is -0.776. The van der Waals surface area contributed by atoms with E-state index in [1.165, 1.54) is 0 Å². The highest BCUT2D eigenvalue weighted by Crippen LogP contribution is 2.28. The van der Waals surface area contributed by atoms with Gasteiger partial charge in [0.05, 0.1) is 5.56 Å². The topological polar surface area (TPSA) is 55.4 Å². The minimum Gasteiger partial charge on any atom is -0.366 e. The van der Waals surface area contributed by atoms with Gasteiger partial charge in [-0.3, -0.25) is 4.79 Å². The SMILES string of the molecule is CC.CC1=C(C(NOC(=O)c2ccccc2)C(=O)c2ccc(Sc3ccccc3)cc2)C=CCC1. The van der Waals surface area contributed by atoms with Crippen LogP contribution in [0.3, 0.4) is 0 Å². The van der Waals surface area contributed by atoms with E-state index in [1.54, 1.807) is 36.0 Å². The molecule has 4 rings (SSSR count). The highest BCUT2D eigenvalue weighted by Gasteiger charge is 2.27. The largest absolute Gasteiger partial charge is 0.366 e. The molecule has 1 atom stereocenters. The van der Waals surface area contributed by atoms with Gasteiger partial charge in [0.1, 0.15) is 6.04 Å². The first-order valence-corrected chi connectivity index (χ1v) is 12.7. The third kappa shape index (κ3) is 7.28. The van der Waals surface area contributed by atoms with Gasteiger partial charge in [0.15, 0.2) is 5.78 Å². The molecule has 1 aliphatic rings. The number of Topliss-reactive ketones (excluding diaryl/α,β-unsaturated/α-hetero) is 1. The second kappa shape index (κ2) is 13.5. The maximum Gasteiger partial charge on any atom is 0.356 e. The summed E-state index contributed by atoms with van der Waals surface area (Å²) in [5, 5.41) is 0. The summed E-state index contributed by atoms with van der Waals surface area (Å²) in [6.07, 6.45) is 5.80. The van der Waals surface area contributed by atoms with Crippen LogP contribution in [0.25, 0.3) is 0 Å². The summed E-state index contributed by atoms with van der Waals surface area (Å²) in [4.78, 5) is 33.5. The van der Waals surface area contributed by atoms with Gasteiger partial charge >= 0.3 is 5.97 Å². The molecule has 1 aliphatic carbocycles. The van der Waals surface area contributed by atoms with Gasteiger partial charge in [-0.2, -0.15) is 0 Å². The lowest BCUT2D eigenvalue weighted by Crippen LogP contribution is -2.40. The van der Waals surface area contributed by atoms with Gasteiger partial charge in [-0.05, 0) is 61.7 Å². The van der Waals surface area contributed by atoms with Crippen molar-refractivity contribution in [1.82, 2.24) is 5.48 Å². The fraction of sp³-hybridized carbons (Fsp3) is 0.200. The van der Waals surface area contributed by atoms with Crippen LogP contribution in [0.4, 0.5) is 0 Å². The average Bonchev–Trinajstić information content (AvgIpc) is 2.92. The molecule has 0 fully saturated rings. The van der Waals surface area contributed by atoms with E-state index in [2.05, 4.69) is 17.6 Å². The van der Waals surface area contributed by atoms with E-state index in [9.17, 15) is 9.59 Å². The number of ketones is 1. The Bertz CT molecular complexity index is 1170. The number of hydroxylamine groups is 1. The number of rotatable bonds is 8. The molecule has 1 unspecified atom stereocenters. The van der Waals surface area contributed by atoms with Crippen LogP contribution >= 0.6 is 11.8 Å². The molecule has 5 heteroatoms. The molecule has 3 aromatic rings. The number of benzene rings is 3. The highest BCUT2D eigenvalue weighted by molar-refractivity contribution is 7.99.